The maximum Gasteiger partial charge on any atom is 0.252 e. The summed E-state index contributed by atoms with van der Waals surface area (Å²) in [6.07, 6.45) is 5.09. The van der Waals surface area contributed by atoms with E-state index in [2.05, 4.69) is 22.3 Å². The Hall–Kier alpha value is -2.31. The van der Waals surface area contributed by atoms with E-state index in [4.69, 9.17) is 16.5 Å². The number of halogens is 1. The average molecular weight is 414 g/mol. The number of piperidine rings is 1. The quantitative estimate of drug-likeness (QED) is 0.690. The molecule has 0 unspecified atom stereocenters. The number of carbonyl (C=O) groups is 1. The minimum absolute atomic E-state index is 0. The van der Waals surface area contributed by atoms with Gasteiger partial charge in [-0.05, 0) is 67.3 Å². The molecule has 154 valence electrons. The highest BCUT2D eigenvalue weighted by Crippen LogP contribution is 2.40. The topological polar surface area (TPSA) is 89.6 Å². The van der Waals surface area contributed by atoms with Crippen LogP contribution in [0.2, 0.25) is 0 Å². The van der Waals surface area contributed by atoms with Crippen LogP contribution < -0.4 is 16.4 Å². The van der Waals surface area contributed by atoms with Crippen LogP contribution in [-0.2, 0) is 12.8 Å². The lowest BCUT2D eigenvalue weighted by molar-refractivity contribution is 0.100. The lowest BCUT2D eigenvalue weighted by Gasteiger charge is -2.40. The molecule has 7 heteroatoms. The first-order chi connectivity index (χ1) is 13.5. The number of aromatic nitrogens is 2. The van der Waals surface area contributed by atoms with E-state index in [9.17, 15) is 4.79 Å². The van der Waals surface area contributed by atoms with Crippen molar-refractivity contribution in [1.82, 2.24) is 9.38 Å². The number of amides is 1. The van der Waals surface area contributed by atoms with Crippen LogP contribution in [0.3, 0.4) is 0 Å². The number of primary amides is 1. The minimum atomic E-state index is -0.376. The SMILES string of the molecule is CC1(CN)CCN(c2c3c(c(C(N)=O)c4nc5ccccc5n24)CCC3)CC1.Cl. The second kappa shape index (κ2) is 7.18. The summed E-state index contributed by atoms with van der Waals surface area (Å²) in [5.41, 5.74) is 17.7. The fraction of sp³-hybridized carbons (Fsp3) is 0.455. The van der Waals surface area contributed by atoms with Crippen LogP contribution in [0.1, 0.15) is 47.7 Å². The van der Waals surface area contributed by atoms with Gasteiger partial charge in [0.25, 0.3) is 5.91 Å². The first-order valence-electron chi connectivity index (χ1n) is 10.2. The number of nitrogens with zero attached hydrogens (tertiary/aromatic N) is 3. The highest BCUT2D eigenvalue weighted by molar-refractivity contribution is 6.03. The van der Waals surface area contributed by atoms with E-state index in [-0.39, 0.29) is 23.7 Å². The van der Waals surface area contributed by atoms with Crippen molar-refractivity contribution in [3.63, 3.8) is 0 Å². The molecule has 1 aromatic carbocycles. The van der Waals surface area contributed by atoms with Crippen molar-refractivity contribution in [3.8, 4) is 0 Å². The van der Waals surface area contributed by atoms with Gasteiger partial charge in [-0.15, -0.1) is 12.4 Å². The number of anilines is 1. The van der Waals surface area contributed by atoms with Crippen molar-refractivity contribution in [2.75, 3.05) is 24.5 Å². The van der Waals surface area contributed by atoms with Crippen molar-refractivity contribution in [2.24, 2.45) is 16.9 Å². The van der Waals surface area contributed by atoms with Gasteiger partial charge in [0, 0.05) is 13.1 Å². The summed E-state index contributed by atoms with van der Waals surface area (Å²) in [7, 11) is 0. The number of para-hydroxylation sites is 2. The van der Waals surface area contributed by atoms with Crippen molar-refractivity contribution in [2.45, 2.75) is 39.0 Å². The number of hydrogen-bond donors (Lipinski definition) is 2. The fourth-order valence-electron chi connectivity index (χ4n) is 5.00. The Morgan fingerprint density at radius 1 is 1.17 bits per heavy atom. The number of carbonyl (C=O) groups excluding carboxylic acids is 1. The molecule has 29 heavy (non-hydrogen) atoms. The van der Waals surface area contributed by atoms with E-state index < -0.39 is 0 Å². The lowest BCUT2D eigenvalue weighted by atomic mass is 9.80. The normalized spacial score (nSPS) is 18.1. The highest BCUT2D eigenvalue weighted by Gasteiger charge is 2.34. The number of rotatable bonds is 3. The van der Waals surface area contributed by atoms with Gasteiger partial charge < -0.3 is 16.4 Å². The lowest BCUT2D eigenvalue weighted by Crippen LogP contribution is -2.43. The van der Waals surface area contributed by atoms with E-state index in [1.54, 1.807) is 0 Å². The summed E-state index contributed by atoms with van der Waals surface area (Å²) in [5.74, 6) is 0.833. The third-order valence-electron chi connectivity index (χ3n) is 6.80. The van der Waals surface area contributed by atoms with Gasteiger partial charge in [0.05, 0.1) is 16.6 Å². The Balaban J connectivity index is 0.00000205. The first-order valence-corrected chi connectivity index (χ1v) is 10.2. The Morgan fingerprint density at radius 3 is 2.55 bits per heavy atom. The van der Waals surface area contributed by atoms with Gasteiger partial charge in [-0.25, -0.2) is 4.98 Å². The Labute approximate surface area is 176 Å². The molecule has 1 aliphatic heterocycles. The first kappa shape index (κ1) is 20.0. The van der Waals surface area contributed by atoms with Gasteiger partial charge >= 0.3 is 0 Å². The molecule has 3 aromatic rings. The molecule has 6 nitrogen and oxygen atoms in total. The predicted molar refractivity (Wildman–Crippen MR) is 119 cm³/mol. The average Bonchev–Trinajstić information content (AvgIpc) is 3.31. The molecule has 1 aliphatic carbocycles. The van der Waals surface area contributed by atoms with Crippen molar-refractivity contribution in [1.29, 1.82) is 0 Å². The molecule has 0 radical (unpaired) electrons. The number of imidazole rings is 1. The molecular formula is C22H28ClN5O. The third-order valence-corrected chi connectivity index (χ3v) is 6.80. The van der Waals surface area contributed by atoms with Gasteiger partial charge in [-0.2, -0.15) is 0 Å². The van der Waals surface area contributed by atoms with Crippen molar-refractivity contribution in [3.05, 3.63) is 41.0 Å². The number of pyridine rings is 1. The number of benzene rings is 1. The standard InChI is InChI=1S/C22H27N5O.ClH/c1-22(13-23)9-11-26(12-10-22)21-15-6-4-5-14(15)18(19(24)28)20-25-16-7-2-3-8-17(16)27(20)21;/h2-3,7-8H,4-6,9-13,23H2,1H3,(H2,24,28);1H. The third kappa shape index (κ3) is 2.97. The van der Waals surface area contributed by atoms with Gasteiger partial charge in [0.15, 0.2) is 5.65 Å². The molecule has 3 heterocycles. The summed E-state index contributed by atoms with van der Waals surface area (Å²) in [6.45, 7) is 4.95. The van der Waals surface area contributed by atoms with Crippen LogP contribution >= 0.6 is 12.4 Å². The monoisotopic (exact) mass is 413 g/mol. The van der Waals surface area contributed by atoms with Gasteiger partial charge in [-0.3, -0.25) is 9.20 Å². The van der Waals surface area contributed by atoms with Crippen LogP contribution in [0.15, 0.2) is 24.3 Å². The second-order valence-corrected chi connectivity index (χ2v) is 8.63. The molecule has 1 fully saturated rings. The molecule has 0 atom stereocenters. The van der Waals surface area contributed by atoms with Crippen LogP contribution in [0.5, 0.6) is 0 Å². The van der Waals surface area contributed by atoms with E-state index in [0.717, 1.165) is 68.3 Å². The number of nitrogens with two attached hydrogens (primary N) is 2. The molecule has 0 bridgehead atoms. The number of hydrogen-bond acceptors (Lipinski definition) is 4. The molecule has 2 aromatic heterocycles. The van der Waals surface area contributed by atoms with E-state index >= 15 is 0 Å². The highest BCUT2D eigenvalue weighted by atomic mass is 35.5. The molecular weight excluding hydrogens is 386 g/mol. The van der Waals surface area contributed by atoms with Crippen LogP contribution in [0.25, 0.3) is 16.7 Å². The van der Waals surface area contributed by atoms with E-state index in [0.29, 0.717) is 11.2 Å². The zero-order valence-electron chi connectivity index (χ0n) is 16.8. The zero-order valence-corrected chi connectivity index (χ0v) is 17.6. The van der Waals surface area contributed by atoms with Gasteiger partial charge in [0.2, 0.25) is 0 Å². The Bertz CT molecular complexity index is 1100. The van der Waals surface area contributed by atoms with Crippen molar-refractivity contribution >= 4 is 40.8 Å². The molecule has 0 spiro atoms. The largest absolute Gasteiger partial charge is 0.365 e. The smallest absolute Gasteiger partial charge is 0.252 e. The maximum absolute atomic E-state index is 12.4. The second-order valence-electron chi connectivity index (χ2n) is 8.63. The number of fused-ring (bicyclic) bond motifs is 4. The minimum Gasteiger partial charge on any atom is -0.365 e. The van der Waals surface area contributed by atoms with Gasteiger partial charge in [0.1, 0.15) is 5.82 Å². The van der Waals surface area contributed by atoms with Crippen LogP contribution in [0.4, 0.5) is 5.82 Å². The van der Waals surface area contributed by atoms with E-state index in [1.165, 1.54) is 11.4 Å². The molecule has 4 N–H and O–H groups in total. The summed E-state index contributed by atoms with van der Waals surface area (Å²) in [5, 5.41) is 0. The molecule has 2 aliphatic rings. The summed E-state index contributed by atoms with van der Waals surface area (Å²) >= 11 is 0. The Morgan fingerprint density at radius 2 is 1.86 bits per heavy atom. The van der Waals surface area contributed by atoms with Crippen LogP contribution in [0, 0.1) is 5.41 Å². The molecule has 0 saturated carbocycles. The summed E-state index contributed by atoms with van der Waals surface area (Å²) in [4.78, 5) is 19.7. The summed E-state index contributed by atoms with van der Waals surface area (Å²) in [6, 6.07) is 8.10. The molecule has 1 saturated heterocycles. The van der Waals surface area contributed by atoms with Crippen LogP contribution in [-0.4, -0.2) is 34.9 Å². The zero-order chi connectivity index (χ0) is 19.5. The van der Waals surface area contributed by atoms with Gasteiger partial charge in [-0.1, -0.05) is 19.1 Å². The fourth-order valence-corrected chi connectivity index (χ4v) is 5.00. The molecule has 5 rings (SSSR count). The summed E-state index contributed by atoms with van der Waals surface area (Å²) < 4.78 is 2.19. The van der Waals surface area contributed by atoms with E-state index in [1.807, 2.05) is 18.2 Å². The predicted octanol–water partition coefficient (Wildman–Crippen LogP) is 3.06. The van der Waals surface area contributed by atoms with Crippen molar-refractivity contribution < 1.29 is 4.79 Å². The maximum atomic E-state index is 12.4. The Kier molecular flexibility index (Phi) is 4.95. The molecule has 1 amide bonds.